The Morgan fingerprint density at radius 3 is 2.17 bits per heavy atom. The van der Waals surface area contributed by atoms with Gasteiger partial charge in [0.2, 0.25) is 0 Å². The molecular weight excluding hydrogens is 396 g/mol. The van der Waals surface area contributed by atoms with E-state index in [0.717, 1.165) is 12.1 Å². The van der Waals surface area contributed by atoms with Gasteiger partial charge in [0.25, 0.3) is 15.7 Å². The van der Waals surface area contributed by atoms with Crippen molar-refractivity contribution in [3.05, 3.63) is 89.0 Å². The molecule has 3 aromatic carbocycles. The summed E-state index contributed by atoms with van der Waals surface area (Å²) in [5.74, 6) is -1.39. The highest BCUT2D eigenvalue weighted by atomic mass is 32.2. The average molecular weight is 412 g/mol. The van der Waals surface area contributed by atoms with Crippen molar-refractivity contribution in [3.63, 3.8) is 0 Å². The summed E-state index contributed by atoms with van der Waals surface area (Å²) in [4.78, 5) is 21.4. The summed E-state index contributed by atoms with van der Waals surface area (Å²) in [6.45, 7) is -0.891. The Bertz CT molecular complexity index is 1160. The molecule has 0 unspecified atom stereocenters. The number of aliphatic carboxylic acids is 1. The third kappa shape index (κ3) is 4.09. The van der Waals surface area contributed by atoms with Crippen molar-refractivity contribution < 1.29 is 23.2 Å². The Kier molecular flexibility index (Phi) is 5.60. The maximum absolute atomic E-state index is 13.3. The second-order valence-corrected chi connectivity index (χ2v) is 7.84. The molecule has 1 N–H and O–H groups in total. The van der Waals surface area contributed by atoms with Crippen molar-refractivity contribution in [2.75, 3.05) is 10.8 Å². The quantitative estimate of drug-likeness (QED) is 0.468. The largest absolute Gasteiger partial charge is 0.480 e. The lowest BCUT2D eigenvalue weighted by atomic mass is 10.0. The van der Waals surface area contributed by atoms with Crippen molar-refractivity contribution in [3.8, 4) is 11.1 Å². The molecule has 0 bridgehead atoms. The topological polar surface area (TPSA) is 118 Å². The Morgan fingerprint density at radius 1 is 0.931 bits per heavy atom. The molecule has 0 aliphatic heterocycles. The molecule has 148 valence electrons. The van der Waals surface area contributed by atoms with Crippen LogP contribution in [0, 0.1) is 10.1 Å². The average Bonchev–Trinajstić information content (AvgIpc) is 2.72. The second kappa shape index (κ2) is 8.11. The number of hydrogen-bond acceptors (Lipinski definition) is 5. The number of carboxylic acid groups (broad SMARTS) is 1. The number of carbonyl (C=O) groups is 1. The van der Waals surface area contributed by atoms with Gasteiger partial charge in [0.15, 0.2) is 4.90 Å². The summed E-state index contributed by atoms with van der Waals surface area (Å²) in [5, 5.41) is 20.7. The summed E-state index contributed by atoms with van der Waals surface area (Å²) in [7, 11) is -4.54. The van der Waals surface area contributed by atoms with E-state index in [4.69, 9.17) is 0 Å². The van der Waals surface area contributed by atoms with Gasteiger partial charge in [-0.15, -0.1) is 0 Å². The van der Waals surface area contributed by atoms with Crippen LogP contribution in [-0.4, -0.2) is 31.0 Å². The minimum absolute atomic E-state index is 0.110. The summed E-state index contributed by atoms with van der Waals surface area (Å²) >= 11 is 0. The molecule has 9 heteroatoms. The smallest absolute Gasteiger partial charge is 0.324 e. The van der Waals surface area contributed by atoms with Crippen LogP contribution in [0.15, 0.2) is 83.8 Å². The number of carboxylic acids is 1. The molecule has 0 saturated heterocycles. The van der Waals surface area contributed by atoms with Crippen molar-refractivity contribution in [1.29, 1.82) is 0 Å². The molecule has 0 atom stereocenters. The maximum atomic E-state index is 13.3. The van der Waals surface area contributed by atoms with Crippen LogP contribution >= 0.6 is 0 Å². The number of anilines is 1. The van der Waals surface area contributed by atoms with E-state index in [0.29, 0.717) is 15.4 Å². The van der Waals surface area contributed by atoms with E-state index in [1.54, 1.807) is 48.5 Å². The number of hydrogen-bond donors (Lipinski definition) is 1. The van der Waals surface area contributed by atoms with E-state index in [1.807, 2.05) is 0 Å². The highest BCUT2D eigenvalue weighted by Crippen LogP contribution is 2.35. The van der Waals surface area contributed by atoms with E-state index >= 15 is 0 Å². The van der Waals surface area contributed by atoms with Crippen LogP contribution < -0.4 is 4.31 Å². The first-order valence-corrected chi connectivity index (χ1v) is 9.89. The van der Waals surface area contributed by atoms with Crippen LogP contribution in [0.2, 0.25) is 0 Å². The van der Waals surface area contributed by atoms with E-state index in [1.165, 1.54) is 18.2 Å². The standard InChI is InChI=1S/C20H16N2O6S/c23-20(24)14-21(29(27,28)19-13-7-6-12-18(19)22(25)26)17-11-5-4-10-16(17)15-8-2-1-3-9-15/h1-13H,14H2,(H,23,24). The van der Waals surface area contributed by atoms with Gasteiger partial charge in [0.1, 0.15) is 6.54 Å². The molecule has 0 amide bonds. The predicted octanol–water partition coefficient (Wildman–Crippen LogP) is 3.54. The number of benzene rings is 3. The molecule has 0 spiro atoms. The molecule has 3 aromatic rings. The highest BCUT2D eigenvalue weighted by molar-refractivity contribution is 7.93. The number of sulfonamides is 1. The molecule has 29 heavy (non-hydrogen) atoms. The van der Waals surface area contributed by atoms with Crippen molar-refractivity contribution in [1.82, 2.24) is 0 Å². The second-order valence-electron chi connectivity index (χ2n) is 6.01. The zero-order chi connectivity index (χ0) is 21.0. The minimum atomic E-state index is -4.54. The van der Waals surface area contributed by atoms with Crippen molar-refractivity contribution in [2.45, 2.75) is 4.90 Å². The molecular formula is C20H16N2O6S. The third-order valence-electron chi connectivity index (χ3n) is 4.17. The zero-order valence-electron chi connectivity index (χ0n) is 15.0. The van der Waals surface area contributed by atoms with Crippen LogP contribution in [0.5, 0.6) is 0 Å². The summed E-state index contributed by atoms with van der Waals surface area (Å²) < 4.78 is 27.4. The van der Waals surface area contributed by atoms with Gasteiger partial charge in [-0.05, 0) is 17.7 Å². The summed E-state index contributed by atoms with van der Waals surface area (Å²) in [6.07, 6.45) is 0. The Balaban J connectivity index is 2.24. The number of nitrogens with zero attached hydrogens (tertiary/aromatic N) is 2. The molecule has 0 aliphatic rings. The van der Waals surface area contributed by atoms with Gasteiger partial charge in [-0.3, -0.25) is 19.2 Å². The van der Waals surface area contributed by atoms with Crippen LogP contribution in [0.4, 0.5) is 11.4 Å². The summed E-state index contributed by atoms with van der Waals surface area (Å²) in [6, 6.07) is 20.1. The van der Waals surface area contributed by atoms with Crippen LogP contribution in [0.1, 0.15) is 0 Å². The van der Waals surface area contributed by atoms with Crippen molar-refractivity contribution in [2.24, 2.45) is 0 Å². The van der Waals surface area contributed by atoms with Crippen LogP contribution in [0.25, 0.3) is 11.1 Å². The van der Waals surface area contributed by atoms with Crippen molar-refractivity contribution >= 4 is 27.4 Å². The first-order chi connectivity index (χ1) is 13.8. The minimum Gasteiger partial charge on any atom is -0.480 e. The zero-order valence-corrected chi connectivity index (χ0v) is 15.8. The number of rotatable bonds is 7. The Labute approximate surface area is 166 Å². The first-order valence-electron chi connectivity index (χ1n) is 8.45. The number of nitro benzene ring substituents is 1. The van der Waals surface area contributed by atoms with Gasteiger partial charge in [-0.1, -0.05) is 60.7 Å². The lowest BCUT2D eigenvalue weighted by molar-refractivity contribution is -0.387. The van der Waals surface area contributed by atoms with E-state index in [9.17, 15) is 28.4 Å². The molecule has 0 saturated carbocycles. The van der Waals surface area contributed by atoms with Gasteiger partial charge >= 0.3 is 5.97 Å². The first kappa shape index (κ1) is 20.0. The molecule has 0 radical (unpaired) electrons. The SMILES string of the molecule is O=C(O)CN(c1ccccc1-c1ccccc1)S(=O)(=O)c1ccccc1[N+](=O)[O-]. The molecule has 8 nitrogen and oxygen atoms in total. The third-order valence-corrected chi connectivity index (χ3v) is 5.97. The Morgan fingerprint density at radius 2 is 1.52 bits per heavy atom. The molecule has 0 aliphatic carbocycles. The maximum Gasteiger partial charge on any atom is 0.324 e. The van der Waals surface area contributed by atoms with Gasteiger partial charge in [0.05, 0.1) is 10.6 Å². The predicted molar refractivity (Wildman–Crippen MR) is 107 cm³/mol. The number of nitro groups is 1. The molecule has 0 heterocycles. The lowest BCUT2D eigenvalue weighted by Crippen LogP contribution is -2.36. The van der Waals surface area contributed by atoms with Gasteiger partial charge < -0.3 is 5.11 Å². The Hall–Kier alpha value is -3.72. The summed E-state index contributed by atoms with van der Waals surface area (Å²) in [5.41, 5.74) is 0.645. The molecule has 3 rings (SSSR count). The van der Waals surface area contributed by atoms with Gasteiger partial charge in [0, 0.05) is 11.6 Å². The number of para-hydroxylation sites is 2. The fourth-order valence-electron chi connectivity index (χ4n) is 2.92. The van der Waals surface area contributed by atoms with Crippen LogP contribution in [-0.2, 0) is 14.8 Å². The van der Waals surface area contributed by atoms with E-state index in [2.05, 4.69) is 0 Å². The monoisotopic (exact) mass is 412 g/mol. The van der Waals surface area contributed by atoms with Gasteiger partial charge in [-0.25, -0.2) is 8.42 Å². The van der Waals surface area contributed by atoms with Crippen LogP contribution in [0.3, 0.4) is 0 Å². The normalized spacial score (nSPS) is 11.0. The lowest BCUT2D eigenvalue weighted by Gasteiger charge is -2.25. The molecule has 0 aromatic heterocycles. The fraction of sp³-hybridized carbons (Fsp3) is 0.0500. The highest BCUT2D eigenvalue weighted by Gasteiger charge is 2.34. The van der Waals surface area contributed by atoms with E-state index < -0.39 is 38.0 Å². The molecule has 0 fully saturated rings. The van der Waals surface area contributed by atoms with Gasteiger partial charge in [-0.2, -0.15) is 0 Å². The fourth-order valence-corrected chi connectivity index (χ4v) is 4.51. The van der Waals surface area contributed by atoms with E-state index in [-0.39, 0.29) is 5.69 Å².